The normalized spacial score (nSPS) is 18.2. The summed E-state index contributed by atoms with van der Waals surface area (Å²) in [4.78, 5) is 11.8. The third kappa shape index (κ3) is 2.57. The smallest absolute Gasteiger partial charge is 0.231 e. The Labute approximate surface area is 125 Å². The van der Waals surface area contributed by atoms with Gasteiger partial charge in [0.1, 0.15) is 0 Å². The molecule has 0 saturated heterocycles. The molecular formula is C18H20N2O. The average molecular weight is 280 g/mol. The van der Waals surface area contributed by atoms with Crippen LogP contribution in [-0.2, 0) is 11.2 Å². The lowest BCUT2D eigenvalue weighted by Crippen LogP contribution is -2.14. The number of carbonyl (C=O) groups is 1. The Bertz CT molecular complexity index is 679. The summed E-state index contributed by atoms with van der Waals surface area (Å²) in [5.74, 6) is -0.0237. The molecule has 1 aliphatic rings. The molecule has 2 unspecified atom stereocenters. The molecule has 0 bridgehead atoms. The number of benzene rings is 2. The van der Waals surface area contributed by atoms with E-state index in [1.165, 1.54) is 5.56 Å². The van der Waals surface area contributed by atoms with Crippen LogP contribution in [0.2, 0.25) is 0 Å². The first-order chi connectivity index (χ1) is 10.1. The van der Waals surface area contributed by atoms with Gasteiger partial charge in [-0.05, 0) is 42.5 Å². The first kappa shape index (κ1) is 13.8. The van der Waals surface area contributed by atoms with Crippen LogP contribution in [-0.4, -0.2) is 5.91 Å². The lowest BCUT2D eigenvalue weighted by atomic mass is 9.92. The summed E-state index contributed by atoms with van der Waals surface area (Å²) in [6.45, 7) is 3.96. The molecule has 0 radical (unpaired) electrons. The van der Waals surface area contributed by atoms with Gasteiger partial charge in [0.2, 0.25) is 5.91 Å². The van der Waals surface area contributed by atoms with Crippen molar-refractivity contribution in [2.45, 2.75) is 32.2 Å². The predicted molar refractivity (Wildman–Crippen MR) is 85.3 cm³/mol. The van der Waals surface area contributed by atoms with Gasteiger partial charge in [0.15, 0.2) is 0 Å². The molecule has 2 aromatic carbocycles. The molecule has 1 aliphatic heterocycles. The van der Waals surface area contributed by atoms with Crippen molar-refractivity contribution in [2.75, 3.05) is 5.32 Å². The van der Waals surface area contributed by atoms with Gasteiger partial charge < -0.3 is 11.1 Å². The van der Waals surface area contributed by atoms with E-state index in [0.717, 1.165) is 28.8 Å². The van der Waals surface area contributed by atoms with Gasteiger partial charge in [-0.1, -0.05) is 42.5 Å². The topological polar surface area (TPSA) is 55.1 Å². The molecule has 0 aromatic heterocycles. The van der Waals surface area contributed by atoms with Crippen molar-refractivity contribution >= 4 is 11.6 Å². The lowest BCUT2D eigenvalue weighted by Gasteiger charge is -2.16. The standard InChI is InChI=1S/C18H20N2O/c1-11-8-14(10-15-12(2)18(21)20-17(11)15)16(19)9-13-6-4-3-5-7-13/h3-8,10,12,16H,9,19H2,1-2H3,(H,20,21). The Morgan fingerprint density at radius 1 is 1.24 bits per heavy atom. The maximum Gasteiger partial charge on any atom is 0.231 e. The van der Waals surface area contributed by atoms with Gasteiger partial charge in [-0.15, -0.1) is 0 Å². The quantitative estimate of drug-likeness (QED) is 0.906. The van der Waals surface area contributed by atoms with Gasteiger partial charge >= 0.3 is 0 Å². The predicted octanol–water partition coefficient (Wildman–Crippen LogP) is 3.29. The van der Waals surface area contributed by atoms with E-state index in [-0.39, 0.29) is 17.9 Å². The van der Waals surface area contributed by atoms with Crippen molar-refractivity contribution in [3.63, 3.8) is 0 Å². The van der Waals surface area contributed by atoms with Gasteiger partial charge in [-0.25, -0.2) is 0 Å². The number of fused-ring (bicyclic) bond motifs is 1. The summed E-state index contributed by atoms with van der Waals surface area (Å²) >= 11 is 0. The SMILES string of the molecule is Cc1cc(C(N)Cc2ccccc2)cc2c1NC(=O)C2C. The zero-order valence-electron chi connectivity index (χ0n) is 12.4. The second kappa shape index (κ2) is 5.34. The summed E-state index contributed by atoms with van der Waals surface area (Å²) in [5.41, 5.74) is 11.8. The van der Waals surface area contributed by atoms with Crippen LogP contribution in [0.4, 0.5) is 5.69 Å². The molecule has 2 atom stereocenters. The molecule has 3 nitrogen and oxygen atoms in total. The van der Waals surface area contributed by atoms with Crippen LogP contribution >= 0.6 is 0 Å². The summed E-state index contributed by atoms with van der Waals surface area (Å²) in [6.07, 6.45) is 0.800. The molecule has 3 N–H and O–H groups in total. The number of hydrogen-bond acceptors (Lipinski definition) is 2. The van der Waals surface area contributed by atoms with Crippen molar-refractivity contribution in [3.05, 3.63) is 64.7 Å². The zero-order valence-corrected chi connectivity index (χ0v) is 12.4. The van der Waals surface area contributed by atoms with Crippen LogP contribution in [0.1, 0.15) is 41.1 Å². The monoisotopic (exact) mass is 280 g/mol. The second-order valence-corrected chi connectivity index (χ2v) is 5.81. The molecule has 21 heavy (non-hydrogen) atoms. The molecule has 0 fully saturated rings. The summed E-state index contributed by atoms with van der Waals surface area (Å²) < 4.78 is 0. The highest BCUT2D eigenvalue weighted by molar-refractivity contribution is 6.03. The molecule has 2 aromatic rings. The largest absolute Gasteiger partial charge is 0.325 e. The Balaban J connectivity index is 1.90. The van der Waals surface area contributed by atoms with Crippen molar-refractivity contribution in [1.29, 1.82) is 0 Å². The minimum atomic E-state index is -0.0948. The van der Waals surface area contributed by atoms with Gasteiger partial charge in [0.05, 0.1) is 5.92 Å². The van der Waals surface area contributed by atoms with Crippen molar-refractivity contribution in [3.8, 4) is 0 Å². The summed E-state index contributed by atoms with van der Waals surface area (Å²) in [5, 5.41) is 2.95. The number of anilines is 1. The number of aryl methyl sites for hydroxylation is 1. The van der Waals surface area contributed by atoms with E-state index in [1.54, 1.807) is 0 Å². The van der Waals surface area contributed by atoms with Crippen molar-refractivity contribution < 1.29 is 4.79 Å². The minimum Gasteiger partial charge on any atom is -0.325 e. The van der Waals surface area contributed by atoms with Gasteiger partial charge in [0.25, 0.3) is 0 Å². The molecule has 0 aliphatic carbocycles. The van der Waals surface area contributed by atoms with Crippen LogP contribution in [0.3, 0.4) is 0 Å². The number of carbonyl (C=O) groups excluding carboxylic acids is 1. The Hall–Kier alpha value is -2.13. The highest BCUT2D eigenvalue weighted by Crippen LogP contribution is 2.37. The van der Waals surface area contributed by atoms with Gasteiger partial charge in [0, 0.05) is 11.7 Å². The molecule has 1 heterocycles. The fourth-order valence-corrected chi connectivity index (χ4v) is 2.93. The Morgan fingerprint density at radius 2 is 1.95 bits per heavy atom. The van der Waals surface area contributed by atoms with Crippen LogP contribution < -0.4 is 11.1 Å². The van der Waals surface area contributed by atoms with Crippen LogP contribution in [0.15, 0.2) is 42.5 Å². The summed E-state index contributed by atoms with van der Waals surface area (Å²) in [6, 6.07) is 14.4. The lowest BCUT2D eigenvalue weighted by molar-refractivity contribution is -0.116. The number of nitrogens with two attached hydrogens (primary N) is 1. The first-order valence-electron chi connectivity index (χ1n) is 7.31. The molecule has 3 rings (SSSR count). The van der Waals surface area contributed by atoms with E-state index < -0.39 is 0 Å². The number of hydrogen-bond donors (Lipinski definition) is 2. The second-order valence-electron chi connectivity index (χ2n) is 5.81. The van der Waals surface area contributed by atoms with E-state index in [0.29, 0.717) is 0 Å². The van der Waals surface area contributed by atoms with E-state index in [1.807, 2.05) is 32.0 Å². The molecule has 1 amide bonds. The van der Waals surface area contributed by atoms with E-state index in [4.69, 9.17) is 5.73 Å². The van der Waals surface area contributed by atoms with Crippen LogP contribution in [0.5, 0.6) is 0 Å². The molecule has 108 valence electrons. The molecule has 3 heteroatoms. The minimum absolute atomic E-state index is 0.0562. The van der Waals surface area contributed by atoms with Crippen LogP contribution in [0, 0.1) is 6.92 Å². The maximum absolute atomic E-state index is 11.8. The third-order valence-corrected chi connectivity index (χ3v) is 4.22. The average Bonchev–Trinajstić information content (AvgIpc) is 2.77. The maximum atomic E-state index is 11.8. The highest BCUT2D eigenvalue weighted by atomic mass is 16.2. The zero-order chi connectivity index (χ0) is 15.0. The number of nitrogens with one attached hydrogen (secondary N) is 1. The summed E-state index contributed by atoms with van der Waals surface area (Å²) in [7, 11) is 0. The highest BCUT2D eigenvalue weighted by Gasteiger charge is 2.28. The first-order valence-corrected chi connectivity index (χ1v) is 7.31. The number of amides is 1. The van der Waals surface area contributed by atoms with E-state index >= 15 is 0 Å². The fraction of sp³-hybridized carbons (Fsp3) is 0.278. The van der Waals surface area contributed by atoms with Crippen LogP contribution in [0.25, 0.3) is 0 Å². The van der Waals surface area contributed by atoms with Gasteiger partial charge in [-0.2, -0.15) is 0 Å². The Morgan fingerprint density at radius 3 is 2.67 bits per heavy atom. The Kier molecular flexibility index (Phi) is 3.52. The molecular weight excluding hydrogens is 260 g/mol. The van der Waals surface area contributed by atoms with Gasteiger partial charge in [-0.3, -0.25) is 4.79 Å². The third-order valence-electron chi connectivity index (χ3n) is 4.22. The van der Waals surface area contributed by atoms with Crippen molar-refractivity contribution in [1.82, 2.24) is 0 Å². The van der Waals surface area contributed by atoms with Crippen molar-refractivity contribution in [2.24, 2.45) is 5.73 Å². The molecule has 0 spiro atoms. The molecule has 0 saturated carbocycles. The fourth-order valence-electron chi connectivity index (χ4n) is 2.93. The number of rotatable bonds is 3. The van der Waals surface area contributed by atoms with E-state index in [9.17, 15) is 4.79 Å². The van der Waals surface area contributed by atoms with E-state index in [2.05, 4.69) is 29.6 Å².